The molecule has 0 bridgehead atoms. The van der Waals surface area contributed by atoms with Crippen molar-refractivity contribution < 1.29 is 26.1 Å². The van der Waals surface area contributed by atoms with Crippen molar-refractivity contribution in [3.05, 3.63) is 89.9 Å². The summed E-state index contributed by atoms with van der Waals surface area (Å²) in [5.74, 6) is 1.32. The van der Waals surface area contributed by atoms with Gasteiger partial charge < -0.3 is 9.31 Å². The van der Waals surface area contributed by atoms with E-state index in [0.29, 0.717) is 17.0 Å². The van der Waals surface area contributed by atoms with Crippen LogP contribution in [0.25, 0.3) is 11.3 Å². The Hall–Kier alpha value is -3.31. The summed E-state index contributed by atoms with van der Waals surface area (Å²) >= 11 is 5.39. The molecule has 0 unspecified atom stereocenters. The van der Waals surface area contributed by atoms with Crippen LogP contribution >= 0.6 is 11.6 Å². The molecule has 12 nitrogen and oxygen atoms in total. The molecular weight excluding hydrogens is 795 g/mol. The fourth-order valence-electron chi connectivity index (χ4n) is 7.62. The number of benzene rings is 2. The number of nitrogens with zero attached hydrogens (tertiary/aromatic N) is 4. The standard InChI is InChI=1S/C20H32BNO4S.C18H23N3O2S.C4H3ClN2/c1-19(2)20(3,4)26-21(25-19)18-14-17(27(23,24)22-5)12-11-16(18)13-15-9-7-6-8-10-15;1-19-24(22,23)16-8-7-15(11-14-5-3-2-4-6-14)17(12-16)18-9-10-20-13-21-18;5-4-1-2-6-3-7-4/h11-12,14-15,22H,6-10,13H2,1-5H3;7-10,12-14,19H,2-6,11H2,1H3;1-3H. The molecule has 3 heterocycles. The summed E-state index contributed by atoms with van der Waals surface area (Å²) in [6, 6.07) is 14.2. The van der Waals surface area contributed by atoms with E-state index >= 15 is 0 Å². The number of sulfonamides is 2. The molecule has 2 aliphatic carbocycles. The average Bonchev–Trinajstić information content (AvgIpc) is 3.45. The van der Waals surface area contributed by atoms with Crippen molar-refractivity contribution in [2.75, 3.05) is 14.1 Å². The molecule has 2 saturated carbocycles. The monoisotopic (exact) mass is 852 g/mol. The fourth-order valence-corrected chi connectivity index (χ4v) is 9.24. The van der Waals surface area contributed by atoms with Crippen LogP contribution in [0.1, 0.15) is 103 Å². The van der Waals surface area contributed by atoms with E-state index in [1.807, 2.05) is 45.9 Å². The molecule has 0 amide bonds. The highest BCUT2D eigenvalue weighted by molar-refractivity contribution is 7.89. The molecule has 314 valence electrons. The Labute approximate surface area is 351 Å². The van der Waals surface area contributed by atoms with E-state index in [1.54, 1.807) is 42.7 Å². The third-order valence-corrected chi connectivity index (χ3v) is 14.8. The molecule has 0 atom stereocenters. The van der Waals surface area contributed by atoms with Crippen molar-refractivity contribution in [3.8, 4) is 11.3 Å². The number of hydrogen-bond acceptors (Lipinski definition) is 10. The van der Waals surface area contributed by atoms with Gasteiger partial charge in [-0.15, -0.1) is 0 Å². The number of halogens is 1. The molecule has 7 rings (SSSR count). The maximum absolute atomic E-state index is 12.3. The van der Waals surface area contributed by atoms with Crippen molar-refractivity contribution in [2.24, 2.45) is 11.8 Å². The lowest BCUT2D eigenvalue weighted by molar-refractivity contribution is 0.00578. The molecule has 3 fully saturated rings. The lowest BCUT2D eigenvalue weighted by atomic mass is 9.73. The Bertz CT molecular complexity index is 2140. The predicted molar refractivity (Wildman–Crippen MR) is 230 cm³/mol. The van der Waals surface area contributed by atoms with E-state index in [-0.39, 0.29) is 9.79 Å². The largest absolute Gasteiger partial charge is 0.495 e. The second kappa shape index (κ2) is 20.3. The quantitative estimate of drug-likeness (QED) is 0.122. The van der Waals surface area contributed by atoms with E-state index < -0.39 is 38.4 Å². The summed E-state index contributed by atoms with van der Waals surface area (Å²) in [6.45, 7) is 8.06. The molecule has 1 saturated heterocycles. The molecule has 0 spiro atoms. The minimum atomic E-state index is -3.52. The molecule has 2 aromatic heterocycles. The van der Waals surface area contributed by atoms with Crippen LogP contribution in [0.3, 0.4) is 0 Å². The number of hydrogen-bond donors (Lipinski definition) is 2. The van der Waals surface area contributed by atoms with Crippen molar-refractivity contribution in [1.29, 1.82) is 0 Å². The Kier molecular flexibility index (Phi) is 16.0. The van der Waals surface area contributed by atoms with Crippen LogP contribution in [-0.2, 0) is 42.2 Å². The van der Waals surface area contributed by atoms with Crippen molar-refractivity contribution in [3.63, 3.8) is 0 Å². The van der Waals surface area contributed by atoms with Gasteiger partial charge in [0.2, 0.25) is 20.0 Å². The van der Waals surface area contributed by atoms with Crippen LogP contribution in [-0.4, -0.2) is 69.2 Å². The minimum absolute atomic E-state index is 0.252. The van der Waals surface area contributed by atoms with Gasteiger partial charge in [0.1, 0.15) is 17.8 Å². The molecule has 0 radical (unpaired) electrons. The maximum Gasteiger partial charge on any atom is 0.495 e. The molecule has 16 heteroatoms. The van der Waals surface area contributed by atoms with Gasteiger partial charge in [-0.2, -0.15) is 0 Å². The van der Waals surface area contributed by atoms with Crippen LogP contribution in [0.2, 0.25) is 5.15 Å². The van der Waals surface area contributed by atoms with Crippen LogP contribution in [0.15, 0.2) is 83.4 Å². The minimum Gasteiger partial charge on any atom is -0.399 e. The molecule has 2 aromatic carbocycles. The molecule has 2 N–H and O–H groups in total. The number of nitrogens with one attached hydrogen (secondary N) is 2. The normalized spacial score (nSPS) is 18.4. The Morgan fingerprint density at radius 2 is 1.16 bits per heavy atom. The lowest BCUT2D eigenvalue weighted by Gasteiger charge is -2.32. The van der Waals surface area contributed by atoms with Gasteiger partial charge in [-0.25, -0.2) is 46.2 Å². The highest BCUT2D eigenvalue weighted by atomic mass is 35.5. The summed E-state index contributed by atoms with van der Waals surface area (Å²) < 4.78 is 66.2. The average molecular weight is 853 g/mol. The zero-order valence-corrected chi connectivity index (χ0v) is 37.0. The molecule has 3 aliphatic rings. The van der Waals surface area contributed by atoms with Gasteiger partial charge in [0.05, 0.1) is 26.7 Å². The van der Waals surface area contributed by atoms with Gasteiger partial charge >= 0.3 is 7.12 Å². The first-order chi connectivity index (χ1) is 27.5. The van der Waals surface area contributed by atoms with E-state index in [2.05, 4.69) is 29.4 Å². The van der Waals surface area contributed by atoms with Crippen molar-refractivity contribution in [1.82, 2.24) is 29.4 Å². The van der Waals surface area contributed by atoms with Crippen molar-refractivity contribution >= 4 is 44.2 Å². The van der Waals surface area contributed by atoms with Gasteiger partial charge in [0.15, 0.2) is 0 Å². The Morgan fingerprint density at radius 1 is 0.672 bits per heavy atom. The molecule has 58 heavy (non-hydrogen) atoms. The Morgan fingerprint density at radius 3 is 1.60 bits per heavy atom. The first-order valence-corrected chi connectivity index (χ1v) is 23.6. The summed E-state index contributed by atoms with van der Waals surface area (Å²) in [4.78, 5) is 16.1. The van der Waals surface area contributed by atoms with Gasteiger partial charge in [0.25, 0.3) is 0 Å². The third-order valence-electron chi connectivity index (χ3n) is 11.7. The van der Waals surface area contributed by atoms with Gasteiger partial charge in [-0.1, -0.05) is 87.9 Å². The summed E-state index contributed by atoms with van der Waals surface area (Å²) in [5, 5.41) is 0.481. The van der Waals surface area contributed by atoms with E-state index in [1.165, 1.54) is 91.0 Å². The van der Waals surface area contributed by atoms with Crippen LogP contribution in [0.4, 0.5) is 0 Å². The SMILES string of the molecule is CNS(=O)(=O)c1ccc(CC2CCCCC2)c(-c2ccncn2)c1.CNS(=O)(=O)c1ccc(CC2CCCCC2)c(B2OC(C)(C)C(C)(C)O2)c1.Clc1ccncn1. The second-order valence-electron chi connectivity index (χ2n) is 16.2. The Balaban J connectivity index is 0.000000190. The summed E-state index contributed by atoms with van der Waals surface area (Å²) in [7, 11) is -4.69. The van der Waals surface area contributed by atoms with E-state index in [0.717, 1.165) is 40.7 Å². The van der Waals surface area contributed by atoms with E-state index in [9.17, 15) is 16.8 Å². The summed E-state index contributed by atoms with van der Waals surface area (Å²) in [6.07, 6.45) is 20.9. The molecule has 1 aliphatic heterocycles. The van der Waals surface area contributed by atoms with Gasteiger partial charge in [0, 0.05) is 18.0 Å². The highest BCUT2D eigenvalue weighted by Crippen LogP contribution is 2.38. The van der Waals surface area contributed by atoms with Crippen LogP contribution in [0.5, 0.6) is 0 Å². The molecular formula is C42H58BClN6O6S2. The van der Waals surface area contributed by atoms with Crippen LogP contribution in [0, 0.1) is 11.8 Å². The van der Waals surface area contributed by atoms with Gasteiger partial charge in [-0.3, -0.25) is 0 Å². The molecule has 4 aromatic rings. The zero-order chi connectivity index (χ0) is 42.0. The first kappa shape index (κ1) is 45.8. The van der Waals surface area contributed by atoms with Crippen LogP contribution < -0.4 is 14.9 Å². The summed E-state index contributed by atoms with van der Waals surface area (Å²) in [5.41, 5.74) is 3.87. The zero-order valence-electron chi connectivity index (χ0n) is 34.6. The van der Waals surface area contributed by atoms with Gasteiger partial charge in [-0.05, 0) is 119 Å². The lowest BCUT2D eigenvalue weighted by Crippen LogP contribution is -2.41. The maximum atomic E-state index is 12.3. The number of rotatable bonds is 10. The van der Waals surface area contributed by atoms with Crippen molar-refractivity contribution in [2.45, 2.75) is 126 Å². The topological polar surface area (TPSA) is 162 Å². The smallest absolute Gasteiger partial charge is 0.399 e. The van der Waals surface area contributed by atoms with E-state index in [4.69, 9.17) is 20.9 Å². The predicted octanol–water partition coefficient (Wildman–Crippen LogP) is 7.32. The number of aromatic nitrogens is 4. The highest BCUT2D eigenvalue weighted by Gasteiger charge is 2.52. The fraction of sp³-hybridized carbons (Fsp3) is 0.524. The second-order valence-corrected chi connectivity index (χ2v) is 20.4. The third kappa shape index (κ3) is 12.1. The first-order valence-electron chi connectivity index (χ1n) is 20.2.